The molecule has 0 saturated carbocycles. The van der Waals surface area contributed by atoms with Gasteiger partial charge < -0.3 is 9.47 Å². The zero-order chi connectivity index (χ0) is 22.4. The van der Waals surface area contributed by atoms with Gasteiger partial charge in [-0.2, -0.15) is 0 Å². The van der Waals surface area contributed by atoms with Crippen molar-refractivity contribution in [3.63, 3.8) is 0 Å². The Morgan fingerprint density at radius 1 is 1.06 bits per heavy atom. The summed E-state index contributed by atoms with van der Waals surface area (Å²) < 4.78 is 26.9. The monoisotopic (exact) mass is 443 g/mol. The van der Waals surface area contributed by atoms with E-state index >= 15 is 0 Å². The fourth-order valence-electron chi connectivity index (χ4n) is 3.22. The van der Waals surface area contributed by atoms with Crippen LogP contribution in [0.2, 0.25) is 0 Å². The fourth-order valence-corrected chi connectivity index (χ4v) is 4.23. The molecule has 0 aliphatic heterocycles. The Morgan fingerprint density at radius 2 is 1.77 bits per heavy atom. The summed E-state index contributed by atoms with van der Waals surface area (Å²) in [6.07, 6.45) is 0. The summed E-state index contributed by atoms with van der Waals surface area (Å²) in [7, 11) is 1.67. The number of halogens is 1. The second-order valence-electron chi connectivity index (χ2n) is 8.53. The number of hydrogen-bond donors (Lipinski definition) is 0. The second kappa shape index (κ2) is 10.3. The minimum absolute atomic E-state index is 0.0185. The number of thioether (sulfide) groups is 1. The lowest BCUT2D eigenvalue weighted by Crippen LogP contribution is -2.16. The molecule has 0 bridgehead atoms. The van der Waals surface area contributed by atoms with Crippen LogP contribution in [0, 0.1) is 5.82 Å². The van der Waals surface area contributed by atoms with Gasteiger partial charge in [-0.05, 0) is 35.6 Å². The van der Waals surface area contributed by atoms with E-state index in [1.807, 2.05) is 11.5 Å². The van der Waals surface area contributed by atoms with Crippen LogP contribution in [0.5, 0.6) is 5.75 Å². The molecule has 0 amide bonds. The Labute approximate surface area is 188 Å². The molecule has 0 spiro atoms. The maximum absolute atomic E-state index is 13.9. The maximum atomic E-state index is 13.9. The smallest absolute Gasteiger partial charge is 0.191 e. The lowest BCUT2D eigenvalue weighted by Gasteiger charge is -2.19. The van der Waals surface area contributed by atoms with Crippen molar-refractivity contribution in [2.24, 2.45) is 0 Å². The Hall–Kier alpha value is -2.38. The van der Waals surface area contributed by atoms with Crippen molar-refractivity contribution in [2.75, 3.05) is 13.7 Å². The number of nitrogens with zero attached hydrogens (tertiary/aromatic N) is 3. The lowest BCUT2D eigenvalue weighted by atomic mass is 9.87. The molecule has 166 valence electrons. The Balaban J connectivity index is 1.74. The first-order chi connectivity index (χ1) is 14.8. The van der Waals surface area contributed by atoms with Crippen LogP contribution in [0.1, 0.15) is 50.7 Å². The van der Waals surface area contributed by atoms with E-state index in [0.29, 0.717) is 12.4 Å². The Bertz CT molecular complexity index is 983. The Morgan fingerprint density at radius 3 is 2.42 bits per heavy atom. The molecule has 0 unspecified atom stereocenters. The summed E-state index contributed by atoms with van der Waals surface area (Å²) in [5, 5.41) is 9.47. The molecular formula is C24H30FN3O2S. The van der Waals surface area contributed by atoms with Crippen molar-refractivity contribution >= 4 is 11.8 Å². The summed E-state index contributed by atoms with van der Waals surface area (Å²) in [5.74, 6) is 1.21. The number of rotatable bonds is 9. The van der Waals surface area contributed by atoms with E-state index in [4.69, 9.17) is 9.47 Å². The van der Waals surface area contributed by atoms with Crippen molar-refractivity contribution in [1.82, 2.24) is 14.8 Å². The molecule has 0 aliphatic rings. The van der Waals surface area contributed by atoms with Crippen LogP contribution in [-0.4, -0.2) is 28.5 Å². The van der Waals surface area contributed by atoms with Gasteiger partial charge in [-0.3, -0.25) is 4.57 Å². The molecule has 3 aromatic rings. The number of aromatic nitrogens is 3. The van der Waals surface area contributed by atoms with Gasteiger partial charge in [-0.15, -0.1) is 10.2 Å². The van der Waals surface area contributed by atoms with Crippen molar-refractivity contribution in [3.05, 3.63) is 71.3 Å². The summed E-state index contributed by atoms with van der Waals surface area (Å²) >= 11 is 1.62. The molecule has 2 aromatic carbocycles. The van der Waals surface area contributed by atoms with Crippen LogP contribution in [-0.2, 0) is 22.5 Å². The average Bonchev–Trinajstić information content (AvgIpc) is 3.14. The third-order valence-corrected chi connectivity index (χ3v) is 5.98. The molecule has 1 atom stereocenters. The number of benzene rings is 2. The van der Waals surface area contributed by atoms with Crippen molar-refractivity contribution in [2.45, 2.75) is 56.7 Å². The second-order valence-corrected chi connectivity index (χ2v) is 9.47. The molecule has 1 aromatic heterocycles. The molecule has 0 aliphatic carbocycles. The first-order valence-electron chi connectivity index (χ1n) is 10.3. The quantitative estimate of drug-likeness (QED) is 0.392. The minimum atomic E-state index is -0.396. The van der Waals surface area contributed by atoms with Crippen molar-refractivity contribution in [3.8, 4) is 5.75 Å². The van der Waals surface area contributed by atoms with E-state index in [1.54, 1.807) is 37.1 Å². The van der Waals surface area contributed by atoms with E-state index in [0.717, 1.165) is 10.9 Å². The van der Waals surface area contributed by atoms with Gasteiger partial charge in [-0.25, -0.2) is 4.39 Å². The molecule has 31 heavy (non-hydrogen) atoms. The normalized spacial score (nSPS) is 12.7. The van der Waals surface area contributed by atoms with Crippen LogP contribution < -0.4 is 4.74 Å². The van der Waals surface area contributed by atoms with Crippen molar-refractivity contribution < 1.29 is 13.9 Å². The highest BCUT2D eigenvalue weighted by Crippen LogP contribution is 2.28. The van der Waals surface area contributed by atoms with E-state index in [1.165, 1.54) is 17.2 Å². The van der Waals surface area contributed by atoms with Crippen LogP contribution in [0.15, 0.2) is 53.7 Å². The van der Waals surface area contributed by atoms with Gasteiger partial charge in [-0.1, -0.05) is 68.9 Å². The van der Waals surface area contributed by atoms with E-state index < -0.39 is 5.82 Å². The number of ether oxygens (including phenoxy) is 2. The average molecular weight is 444 g/mol. The van der Waals surface area contributed by atoms with Crippen molar-refractivity contribution in [1.29, 1.82) is 0 Å². The van der Waals surface area contributed by atoms with Gasteiger partial charge >= 0.3 is 0 Å². The molecule has 3 rings (SSSR count). The third kappa shape index (κ3) is 6.08. The SMILES string of the molecule is COC[C@H](C)n1c(COc2ccccc2F)nnc1SCc1ccc(C(C)(C)C)cc1. The lowest BCUT2D eigenvalue weighted by molar-refractivity contribution is 0.154. The topological polar surface area (TPSA) is 49.2 Å². The van der Waals surface area contributed by atoms with Crippen LogP contribution >= 0.6 is 11.8 Å². The molecule has 0 fully saturated rings. The largest absolute Gasteiger partial charge is 0.483 e. The zero-order valence-corrected chi connectivity index (χ0v) is 19.6. The Kier molecular flexibility index (Phi) is 7.73. The van der Waals surface area contributed by atoms with Crippen LogP contribution in [0.25, 0.3) is 0 Å². The van der Waals surface area contributed by atoms with Gasteiger partial charge in [0.2, 0.25) is 0 Å². The summed E-state index contributed by atoms with van der Waals surface area (Å²) in [5.41, 5.74) is 2.66. The molecule has 5 nitrogen and oxygen atoms in total. The van der Waals surface area contributed by atoms with Gasteiger partial charge in [0.1, 0.15) is 6.61 Å². The summed E-state index contributed by atoms with van der Waals surface area (Å²) in [4.78, 5) is 0. The molecule has 0 radical (unpaired) electrons. The number of para-hydroxylation sites is 1. The molecule has 1 heterocycles. The predicted octanol–water partition coefficient (Wildman–Crippen LogP) is 5.79. The van der Waals surface area contributed by atoms with Gasteiger partial charge in [0, 0.05) is 12.9 Å². The van der Waals surface area contributed by atoms with Crippen LogP contribution in [0.3, 0.4) is 0 Å². The number of hydrogen-bond acceptors (Lipinski definition) is 5. The van der Waals surface area contributed by atoms with Crippen LogP contribution in [0.4, 0.5) is 4.39 Å². The summed E-state index contributed by atoms with van der Waals surface area (Å²) in [6, 6.07) is 15.1. The van der Waals surface area contributed by atoms with E-state index in [2.05, 4.69) is 55.2 Å². The van der Waals surface area contributed by atoms with E-state index in [-0.39, 0.29) is 23.8 Å². The summed E-state index contributed by atoms with van der Waals surface area (Å²) in [6.45, 7) is 9.31. The van der Waals surface area contributed by atoms with Gasteiger partial charge in [0.15, 0.2) is 22.5 Å². The highest BCUT2D eigenvalue weighted by Gasteiger charge is 2.19. The predicted molar refractivity (Wildman–Crippen MR) is 122 cm³/mol. The third-order valence-electron chi connectivity index (χ3n) is 4.97. The molecule has 0 saturated heterocycles. The van der Waals surface area contributed by atoms with Gasteiger partial charge in [0.05, 0.1) is 12.6 Å². The highest BCUT2D eigenvalue weighted by atomic mass is 32.2. The highest BCUT2D eigenvalue weighted by molar-refractivity contribution is 7.98. The standard InChI is InChI=1S/C24H30FN3O2S/c1-17(14-29-5)28-22(15-30-21-9-7-6-8-20(21)25)26-27-23(28)31-16-18-10-12-19(13-11-18)24(2,3)4/h6-13,17H,14-16H2,1-5H3/t17-/m0/s1. The molecule has 7 heteroatoms. The minimum Gasteiger partial charge on any atom is -0.483 e. The fraction of sp³-hybridized carbons (Fsp3) is 0.417. The number of methoxy groups -OCH3 is 1. The van der Waals surface area contributed by atoms with Gasteiger partial charge in [0.25, 0.3) is 0 Å². The molecule has 0 N–H and O–H groups in total. The zero-order valence-electron chi connectivity index (χ0n) is 18.8. The first-order valence-corrected chi connectivity index (χ1v) is 11.3. The first kappa shape index (κ1) is 23.3. The molecular weight excluding hydrogens is 413 g/mol. The van der Waals surface area contributed by atoms with E-state index in [9.17, 15) is 4.39 Å². The maximum Gasteiger partial charge on any atom is 0.191 e.